The average Bonchev–Trinajstić information content (AvgIpc) is 1.97. The Morgan fingerprint density at radius 1 is 1.64 bits per heavy atom. The fraction of sp³-hybridized carbons (Fsp3) is 0.875. The summed E-state index contributed by atoms with van der Waals surface area (Å²) >= 11 is 0. The van der Waals surface area contributed by atoms with E-state index < -0.39 is 6.16 Å². The lowest BCUT2D eigenvalue weighted by Gasteiger charge is -2.08. The number of carbonyl (C=O) groups is 1. The van der Waals surface area contributed by atoms with Gasteiger partial charge < -0.3 is 9.84 Å². The Morgan fingerprint density at radius 2 is 2.27 bits per heavy atom. The minimum Gasteiger partial charge on any atom is -0.450 e. The van der Waals surface area contributed by atoms with E-state index in [0.29, 0.717) is 12.5 Å². The van der Waals surface area contributed by atoms with E-state index in [2.05, 4.69) is 11.7 Å². The van der Waals surface area contributed by atoms with Crippen molar-refractivity contribution in [2.24, 2.45) is 5.92 Å². The summed E-state index contributed by atoms with van der Waals surface area (Å²) < 4.78 is 4.42. The molecule has 3 nitrogen and oxygen atoms in total. The van der Waals surface area contributed by atoms with Gasteiger partial charge in [0.1, 0.15) is 0 Å². The lowest BCUT2D eigenvalue weighted by molar-refractivity contribution is 0.0777. The minimum absolute atomic E-state index is 0.329. The first kappa shape index (κ1) is 10.3. The van der Waals surface area contributed by atoms with Crippen LogP contribution >= 0.6 is 0 Å². The number of hydrogen-bond donors (Lipinski definition) is 1. The van der Waals surface area contributed by atoms with Gasteiger partial charge in [0.2, 0.25) is 0 Å². The third-order valence-corrected chi connectivity index (χ3v) is 1.54. The largest absolute Gasteiger partial charge is 0.505 e. The van der Waals surface area contributed by atoms with Gasteiger partial charge in [0.15, 0.2) is 0 Å². The molecule has 3 heteroatoms. The molecule has 11 heavy (non-hydrogen) atoms. The average molecular weight is 160 g/mol. The van der Waals surface area contributed by atoms with Crippen molar-refractivity contribution < 1.29 is 14.6 Å². The Hall–Kier alpha value is -0.730. The highest BCUT2D eigenvalue weighted by Gasteiger charge is 2.03. The van der Waals surface area contributed by atoms with Crippen molar-refractivity contribution in [3.8, 4) is 0 Å². The van der Waals surface area contributed by atoms with Crippen molar-refractivity contribution in [1.29, 1.82) is 0 Å². The topological polar surface area (TPSA) is 46.5 Å². The number of carboxylic acid groups (broad SMARTS) is 1. The van der Waals surface area contributed by atoms with E-state index in [4.69, 9.17) is 5.11 Å². The van der Waals surface area contributed by atoms with E-state index in [9.17, 15) is 4.79 Å². The molecule has 0 radical (unpaired) electrons. The molecule has 0 aromatic rings. The van der Waals surface area contributed by atoms with Crippen LogP contribution in [0.15, 0.2) is 0 Å². The fourth-order valence-electron chi connectivity index (χ4n) is 0.849. The summed E-state index contributed by atoms with van der Waals surface area (Å²) in [7, 11) is 0. The first-order valence-electron chi connectivity index (χ1n) is 4.02. The second kappa shape index (κ2) is 6.01. The molecule has 0 aliphatic heterocycles. The molecule has 0 saturated carbocycles. The third kappa shape index (κ3) is 7.16. The quantitative estimate of drug-likeness (QED) is 0.628. The highest BCUT2D eigenvalue weighted by molar-refractivity contribution is 5.56. The minimum atomic E-state index is -1.17. The standard InChI is InChI=1S/C8H16O3/c1-3-4-5-7(2)6-11-8(9)10/h7H,3-6H2,1-2H3,(H,9,10). The van der Waals surface area contributed by atoms with Crippen molar-refractivity contribution >= 4 is 6.16 Å². The molecule has 0 amide bonds. The van der Waals surface area contributed by atoms with E-state index in [1.807, 2.05) is 6.92 Å². The van der Waals surface area contributed by atoms with E-state index in [0.717, 1.165) is 19.3 Å². The van der Waals surface area contributed by atoms with Gasteiger partial charge in [0.05, 0.1) is 6.61 Å². The molecule has 0 rings (SSSR count). The molecule has 0 spiro atoms. The zero-order valence-corrected chi connectivity index (χ0v) is 7.17. The zero-order valence-electron chi connectivity index (χ0n) is 7.17. The van der Waals surface area contributed by atoms with Crippen LogP contribution < -0.4 is 0 Å². The first-order valence-corrected chi connectivity index (χ1v) is 4.02. The summed E-state index contributed by atoms with van der Waals surface area (Å²) in [5.74, 6) is 0.353. The van der Waals surface area contributed by atoms with E-state index in [1.54, 1.807) is 0 Å². The molecular formula is C8H16O3. The van der Waals surface area contributed by atoms with Crippen molar-refractivity contribution in [3.05, 3.63) is 0 Å². The van der Waals surface area contributed by atoms with Crippen molar-refractivity contribution in [3.63, 3.8) is 0 Å². The summed E-state index contributed by atoms with van der Waals surface area (Å²) in [4.78, 5) is 9.96. The maximum atomic E-state index is 9.96. The molecule has 0 heterocycles. The molecule has 1 N–H and O–H groups in total. The zero-order chi connectivity index (χ0) is 8.69. The van der Waals surface area contributed by atoms with Gasteiger partial charge in [-0.2, -0.15) is 0 Å². The molecule has 0 aliphatic carbocycles. The van der Waals surface area contributed by atoms with Gasteiger partial charge in [-0.1, -0.05) is 26.7 Å². The molecule has 66 valence electrons. The molecule has 1 atom stereocenters. The number of unbranched alkanes of at least 4 members (excludes halogenated alkanes) is 1. The second-order valence-electron chi connectivity index (χ2n) is 2.82. The van der Waals surface area contributed by atoms with Crippen LogP contribution in [0.2, 0.25) is 0 Å². The van der Waals surface area contributed by atoms with Crippen molar-refractivity contribution in [1.82, 2.24) is 0 Å². The van der Waals surface area contributed by atoms with E-state index in [1.165, 1.54) is 0 Å². The fourth-order valence-corrected chi connectivity index (χ4v) is 0.849. The molecule has 0 bridgehead atoms. The van der Waals surface area contributed by atoms with Crippen LogP contribution in [0.5, 0.6) is 0 Å². The molecular weight excluding hydrogens is 144 g/mol. The van der Waals surface area contributed by atoms with Gasteiger partial charge >= 0.3 is 6.16 Å². The molecule has 0 fully saturated rings. The van der Waals surface area contributed by atoms with Gasteiger partial charge in [-0.05, 0) is 12.3 Å². The lowest BCUT2D eigenvalue weighted by Crippen LogP contribution is -2.09. The monoisotopic (exact) mass is 160 g/mol. The van der Waals surface area contributed by atoms with E-state index >= 15 is 0 Å². The first-order chi connectivity index (χ1) is 5.16. The Balaban J connectivity index is 3.22. The van der Waals surface area contributed by atoms with Gasteiger partial charge in [-0.15, -0.1) is 0 Å². The summed E-state index contributed by atoms with van der Waals surface area (Å²) in [6, 6.07) is 0. The summed E-state index contributed by atoms with van der Waals surface area (Å²) in [5, 5.41) is 8.17. The second-order valence-corrected chi connectivity index (χ2v) is 2.82. The molecule has 0 aromatic heterocycles. The summed E-state index contributed by atoms with van der Waals surface area (Å²) in [6.07, 6.45) is 2.17. The highest BCUT2D eigenvalue weighted by atomic mass is 16.7. The Kier molecular flexibility index (Phi) is 5.61. The van der Waals surface area contributed by atoms with Crippen LogP contribution in [-0.4, -0.2) is 17.9 Å². The number of ether oxygens (including phenoxy) is 1. The van der Waals surface area contributed by atoms with Crippen LogP contribution in [0.4, 0.5) is 4.79 Å². The Bertz CT molecular complexity index is 112. The highest BCUT2D eigenvalue weighted by Crippen LogP contribution is 2.07. The SMILES string of the molecule is CCCCC(C)COC(=O)O. The van der Waals surface area contributed by atoms with Crippen LogP contribution in [0, 0.1) is 5.92 Å². The van der Waals surface area contributed by atoms with Gasteiger partial charge in [0.25, 0.3) is 0 Å². The normalized spacial score (nSPS) is 12.5. The Labute approximate surface area is 67.4 Å². The van der Waals surface area contributed by atoms with Crippen LogP contribution in [0.3, 0.4) is 0 Å². The van der Waals surface area contributed by atoms with Crippen molar-refractivity contribution in [2.45, 2.75) is 33.1 Å². The van der Waals surface area contributed by atoms with E-state index in [-0.39, 0.29) is 0 Å². The number of hydrogen-bond acceptors (Lipinski definition) is 2. The van der Waals surface area contributed by atoms with Gasteiger partial charge in [-0.3, -0.25) is 0 Å². The smallest absolute Gasteiger partial charge is 0.450 e. The lowest BCUT2D eigenvalue weighted by atomic mass is 10.1. The summed E-state index contributed by atoms with van der Waals surface area (Å²) in [5.41, 5.74) is 0. The maximum Gasteiger partial charge on any atom is 0.505 e. The Morgan fingerprint density at radius 3 is 2.73 bits per heavy atom. The van der Waals surface area contributed by atoms with Crippen LogP contribution in [0.25, 0.3) is 0 Å². The molecule has 0 aromatic carbocycles. The maximum absolute atomic E-state index is 9.96. The predicted molar refractivity (Wildman–Crippen MR) is 42.7 cm³/mol. The predicted octanol–water partition coefficient (Wildman–Crippen LogP) is 2.51. The third-order valence-electron chi connectivity index (χ3n) is 1.54. The van der Waals surface area contributed by atoms with Crippen molar-refractivity contribution in [2.75, 3.05) is 6.61 Å². The van der Waals surface area contributed by atoms with Gasteiger partial charge in [-0.25, -0.2) is 4.79 Å². The van der Waals surface area contributed by atoms with Crippen LogP contribution in [-0.2, 0) is 4.74 Å². The molecule has 0 aliphatic rings. The molecule has 0 saturated heterocycles. The number of rotatable bonds is 5. The van der Waals surface area contributed by atoms with Crippen LogP contribution in [0.1, 0.15) is 33.1 Å². The summed E-state index contributed by atoms with van der Waals surface area (Å²) in [6.45, 7) is 4.44. The van der Waals surface area contributed by atoms with Gasteiger partial charge in [0, 0.05) is 0 Å². The molecule has 1 unspecified atom stereocenters.